The molecule has 5 nitrogen and oxygen atoms in total. The fourth-order valence-electron chi connectivity index (χ4n) is 1.14. The summed E-state index contributed by atoms with van der Waals surface area (Å²) in [5.41, 5.74) is 3.14. The van der Waals surface area contributed by atoms with Gasteiger partial charge in [0.1, 0.15) is 0 Å². The van der Waals surface area contributed by atoms with E-state index in [4.69, 9.17) is 10.1 Å². The summed E-state index contributed by atoms with van der Waals surface area (Å²) in [4.78, 5) is 19.5. The molecular formula is C9H7NO4. The molecule has 0 spiro atoms. The van der Waals surface area contributed by atoms with Gasteiger partial charge in [0.25, 0.3) is 0 Å². The maximum Gasteiger partial charge on any atom is 0.391 e. The lowest BCUT2D eigenvalue weighted by atomic mass is 10.1. The maximum absolute atomic E-state index is 10.9. The fraction of sp³-hybridized carbons (Fsp3) is 0. The Bertz CT molecular complexity index is 400. The van der Waals surface area contributed by atoms with Crippen molar-refractivity contribution in [3.63, 3.8) is 0 Å². The molecule has 0 atom stereocenters. The lowest BCUT2D eigenvalue weighted by Gasteiger charge is -2.16. The molecule has 0 saturated carbocycles. The van der Waals surface area contributed by atoms with Crippen LogP contribution in [0.15, 0.2) is 30.0 Å². The minimum absolute atomic E-state index is 0.0474. The zero-order valence-electron chi connectivity index (χ0n) is 7.06. The van der Waals surface area contributed by atoms with E-state index in [0.29, 0.717) is 5.75 Å². The van der Waals surface area contributed by atoms with E-state index >= 15 is 0 Å². The SMILES string of the molecule is O=C(OO)C1=Cc2ccccc2ON1. The smallest absolute Gasteiger partial charge is 0.381 e. The molecule has 72 valence electrons. The molecule has 0 unspecified atom stereocenters. The van der Waals surface area contributed by atoms with Crippen molar-refractivity contribution in [2.24, 2.45) is 0 Å². The summed E-state index contributed by atoms with van der Waals surface area (Å²) in [6, 6.07) is 7.15. The number of carbonyl (C=O) groups excluding carboxylic acids is 1. The van der Waals surface area contributed by atoms with Gasteiger partial charge in [-0.25, -0.2) is 10.3 Å². The van der Waals surface area contributed by atoms with Crippen molar-refractivity contribution >= 4 is 12.0 Å². The van der Waals surface area contributed by atoms with Crippen molar-refractivity contribution < 1.29 is 19.8 Å². The van der Waals surface area contributed by atoms with E-state index in [-0.39, 0.29) is 5.70 Å². The Morgan fingerprint density at radius 1 is 1.43 bits per heavy atom. The first-order valence-corrected chi connectivity index (χ1v) is 3.90. The normalized spacial score (nSPS) is 13.1. The molecule has 0 amide bonds. The maximum atomic E-state index is 10.9. The Kier molecular flexibility index (Phi) is 2.08. The fourth-order valence-corrected chi connectivity index (χ4v) is 1.14. The van der Waals surface area contributed by atoms with Crippen LogP contribution >= 0.6 is 0 Å². The monoisotopic (exact) mass is 193 g/mol. The topological polar surface area (TPSA) is 67.8 Å². The first-order chi connectivity index (χ1) is 6.81. The zero-order chi connectivity index (χ0) is 9.97. The minimum Gasteiger partial charge on any atom is -0.381 e. The highest BCUT2D eigenvalue weighted by molar-refractivity contribution is 5.93. The van der Waals surface area contributed by atoms with Crippen molar-refractivity contribution in [1.82, 2.24) is 5.48 Å². The number of hydrogen-bond acceptors (Lipinski definition) is 5. The highest BCUT2D eigenvalue weighted by Crippen LogP contribution is 2.23. The van der Waals surface area contributed by atoms with Crippen molar-refractivity contribution in [3.8, 4) is 5.75 Å². The molecule has 0 aromatic heterocycles. The number of rotatable bonds is 1. The van der Waals surface area contributed by atoms with Crippen LogP contribution in [0.2, 0.25) is 0 Å². The molecule has 0 bridgehead atoms. The Morgan fingerprint density at radius 3 is 3.00 bits per heavy atom. The van der Waals surface area contributed by atoms with Gasteiger partial charge in [0, 0.05) is 5.56 Å². The molecule has 14 heavy (non-hydrogen) atoms. The summed E-state index contributed by atoms with van der Waals surface area (Å²) in [5.74, 6) is -0.276. The third-order valence-electron chi connectivity index (χ3n) is 1.79. The van der Waals surface area contributed by atoms with E-state index in [2.05, 4.69) is 10.4 Å². The van der Waals surface area contributed by atoms with Gasteiger partial charge in [-0.2, -0.15) is 5.26 Å². The molecule has 2 N–H and O–H groups in total. The van der Waals surface area contributed by atoms with Crippen LogP contribution in [0.3, 0.4) is 0 Å². The first kappa shape index (κ1) is 8.58. The highest BCUT2D eigenvalue weighted by Gasteiger charge is 2.17. The van der Waals surface area contributed by atoms with Gasteiger partial charge in [0.2, 0.25) is 0 Å². The molecule has 1 aliphatic heterocycles. The van der Waals surface area contributed by atoms with Crippen LogP contribution in [-0.2, 0) is 9.68 Å². The molecule has 1 aliphatic rings. The largest absolute Gasteiger partial charge is 0.391 e. The van der Waals surface area contributed by atoms with Gasteiger partial charge in [0.05, 0.1) is 0 Å². The summed E-state index contributed by atoms with van der Waals surface area (Å²) in [7, 11) is 0. The Hall–Kier alpha value is -2.01. The summed E-state index contributed by atoms with van der Waals surface area (Å²) >= 11 is 0. The summed E-state index contributed by atoms with van der Waals surface area (Å²) in [6.07, 6.45) is 1.53. The van der Waals surface area contributed by atoms with Gasteiger partial charge in [-0.1, -0.05) is 18.2 Å². The third-order valence-corrected chi connectivity index (χ3v) is 1.79. The average molecular weight is 193 g/mol. The number of hydrogen-bond donors (Lipinski definition) is 2. The van der Waals surface area contributed by atoms with Crippen LogP contribution in [0.5, 0.6) is 5.75 Å². The number of benzene rings is 1. The van der Waals surface area contributed by atoms with E-state index in [9.17, 15) is 4.79 Å². The molecule has 0 fully saturated rings. The molecule has 0 saturated heterocycles. The van der Waals surface area contributed by atoms with Crippen LogP contribution in [0.25, 0.3) is 6.08 Å². The first-order valence-electron chi connectivity index (χ1n) is 3.90. The van der Waals surface area contributed by atoms with Gasteiger partial charge >= 0.3 is 5.97 Å². The van der Waals surface area contributed by atoms with E-state index < -0.39 is 5.97 Å². The molecule has 1 aromatic rings. The number of nitrogens with one attached hydrogen (secondary N) is 1. The van der Waals surface area contributed by atoms with Gasteiger partial charge in [0.15, 0.2) is 11.4 Å². The number of hydroxylamine groups is 1. The van der Waals surface area contributed by atoms with Crippen LogP contribution in [-0.4, -0.2) is 11.2 Å². The molecule has 2 rings (SSSR count). The Morgan fingerprint density at radius 2 is 2.21 bits per heavy atom. The quantitative estimate of drug-likeness (QED) is 0.513. The van der Waals surface area contributed by atoms with E-state index in [1.54, 1.807) is 12.1 Å². The number of fused-ring (bicyclic) bond motifs is 1. The number of carbonyl (C=O) groups is 1. The lowest BCUT2D eigenvalue weighted by molar-refractivity contribution is -0.230. The third kappa shape index (κ3) is 1.40. The van der Waals surface area contributed by atoms with Crippen molar-refractivity contribution in [1.29, 1.82) is 0 Å². The Balaban J connectivity index is 2.36. The molecule has 0 radical (unpaired) electrons. The minimum atomic E-state index is -0.889. The van der Waals surface area contributed by atoms with Gasteiger partial charge in [-0.05, 0) is 12.1 Å². The molecular weight excluding hydrogens is 186 g/mol. The summed E-state index contributed by atoms with van der Waals surface area (Å²) < 4.78 is 0. The van der Waals surface area contributed by atoms with Crippen LogP contribution in [0.1, 0.15) is 5.56 Å². The predicted octanol–water partition coefficient (Wildman–Crippen LogP) is 0.941. The van der Waals surface area contributed by atoms with Crippen LogP contribution in [0.4, 0.5) is 0 Å². The van der Waals surface area contributed by atoms with Gasteiger partial charge in [-0.15, -0.1) is 0 Å². The van der Waals surface area contributed by atoms with E-state index in [1.165, 1.54) is 6.08 Å². The predicted molar refractivity (Wildman–Crippen MR) is 46.9 cm³/mol. The molecule has 5 heteroatoms. The number of para-hydroxylation sites is 1. The average Bonchev–Trinajstić information content (AvgIpc) is 2.27. The molecule has 1 aromatic carbocycles. The Labute approximate surface area is 79.4 Å². The lowest BCUT2D eigenvalue weighted by Crippen LogP contribution is -2.27. The summed E-state index contributed by atoms with van der Waals surface area (Å²) in [5, 5.41) is 8.15. The van der Waals surface area contributed by atoms with Crippen molar-refractivity contribution in [2.75, 3.05) is 0 Å². The van der Waals surface area contributed by atoms with Gasteiger partial charge in [-0.3, -0.25) is 4.89 Å². The molecule has 1 heterocycles. The van der Waals surface area contributed by atoms with Crippen LogP contribution < -0.4 is 10.3 Å². The van der Waals surface area contributed by atoms with Crippen molar-refractivity contribution in [3.05, 3.63) is 35.5 Å². The van der Waals surface area contributed by atoms with Gasteiger partial charge < -0.3 is 4.84 Å². The second kappa shape index (κ2) is 3.39. The second-order valence-electron chi connectivity index (χ2n) is 2.68. The second-order valence-corrected chi connectivity index (χ2v) is 2.68. The van der Waals surface area contributed by atoms with Crippen molar-refractivity contribution in [2.45, 2.75) is 0 Å². The van der Waals surface area contributed by atoms with E-state index in [0.717, 1.165) is 5.56 Å². The zero-order valence-corrected chi connectivity index (χ0v) is 7.06. The standard InChI is InChI=1S/C9H7NO4/c11-9(14-12)7-5-6-3-1-2-4-8(6)13-10-7/h1-5,10,12H. The summed E-state index contributed by atoms with van der Waals surface area (Å²) in [6.45, 7) is 0. The molecule has 0 aliphatic carbocycles. The van der Waals surface area contributed by atoms with Crippen LogP contribution in [0, 0.1) is 0 Å². The highest BCUT2D eigenvalue weighted by atomic mass is 17.1. The van der Waals surface area contributed by atoms with E-state index in [1.807, 2.05) is 12.1 Å².